The molecule has 0 bridgehead atoms. The minimum Gasteiger partial charge on any atom is -0.369 e. The maximum Gasteiger partial charge on any atom is 0.290 e. The molecule has 2 saturated heterocycles. The number of amides is 2. The summed E-state index contributed by atoms with van der Waals surface area (Å²) in [4.78, 5) is 38.3. The first-order valence-corrected chi connectivity index (χ1v) is 12.8. The molecular formula is C27H29N5O2S. The van der Waals surface area contributed by atoms with E-state index in [1.165, 1.54) is 24.2 Å². The van der Waals surface area contributed by atoms with Gasteiger partial charge in [0.25, 0.3) is 11.1 Å². The van der Waals surface area contributed by atoms with Gasteiger partial charge in [0, 0.05) is 42.8 Å². The van der Waals surface area contributed by atoms with Crippen molar-refractivity contribution in [1.29, 1.82) is 0 Å². The van der Waals surface area contributed by atoms with Crippen LogP contribution in [0, 0.1) is 13.8 Å². The van der Waals surface area contributed by atoms with E-state index in [4.69, 9.17) is 4.98 Å². The summed E-state index contributed by atoms with van der Waals surface area (Å²) in [6, 6.07) is 12.4. The van der Waals surface area contributed by atoms with Crippen LogP contribution in [-0.4, -0.2) is 58.7 Å². The van der Waals surface area contributed by atoms with E-state index in [-0.39, 0.29) is 11.1 Å². The molecule has 0 radical (unpaired) electrons. The lowest BCUT2D eigenvalue weighted by Crippen LogP contribution is -2.46. The van der Waals surface area contributed by atoms with E-state index in [1.54, 1.807) is 6.08 Å². The Balaban J connectivity index is 1.48. The summed E-state index contributed by atoms with van der Waals surface area (Å²) in [6.07, 6.45) is 2.93. The van der Waals surface area contributed by atoms with Gasteiger partial charge in [0.05, 0.1) is 16.1 Å². The summed E-state index contributed by atoms with van der Waals surface area (Å²) in [5.74, 6) is 0.353. The SMILES string of the molecule is CCCN1CCN(c2ccc(-c3nc(C)nc4ccc(/C=C5\SC(=O)NC5=O)cc34)cc2C)CC1. The highest BCUT2D eigenvalue weighted by molar-refractivity contribution is 8.18. The minimum absolute atomic E-state index is 0.343. The third kappa shape index (κ3) is 4.94. The number of anilines is 1. The maximum absolute atomic E-state index is 12.0. The average molecular weight is 488 g/mol. The Bertz CT molecular complexity index is 1340. The second-order valence-corrected chi connectivity index (χ2v) is 10.1. The van der Waals surface area contributed by atoms with Crippen molar-refractivity contribution in [3.63, 3.8) is 0 Å². The molecule has 0 saturated carbocycles. The van der Waals surface area contributed by atoms with E-state index in [0.29, 0.717) is 10.7 Å². The Morgan fingerprint density at radius 1 is 1.03 bits per heavy atom. The number of carbonyl (C=O) groups is 2. The van der Waals surface area contributed by atoms with Gasteiger partial charge >= 0.3 is 0 Å². The highest BCUT2D eigenvalue weighted by Gasteiger charge is 2.25. The lowest BCUT2D eigenvalue weighted by molar-refractivity contribution is -0.115. The van der Waals surface area contributed by atoms with Gasteiger partial charge in [-0.15, -0.1) is 0 Å². The molecule has 0 spiro atoms. The smallest absolute Gasteiger partial charge is 0.290 e. The second-order valence-electron chi connectivity index (χ2n) is 9.08. The van der Waals surface area contributed by atoms with Crippen LogP contribution in [0.15, 0.2) is 41.3 Å². The second kappa shape index (κ2) is 9.79. The van der Waals surface area contributed by atoms with Crippen LogP contribution < -0.4 is 10.2 Å². The third-order valence-corrected chi connectivity index (χ3v) is 7.31. The lowest BCUT2D eigenvalue weighted by Gasteiger charge is -2.36. The van der Waals surface area contributed by atoms with Crippen LogP contribution in [-0.2, 0) is 4.79 Å². The van der Waals surface area contributed by atoms with Crippen molar-refractivity contribution in [2.75, 3.05) is 37.6 Å². The van der Waals surface area contributed by atoms with Gasteiger partial charge in [0.2, 0.25) is 0 Å². The van der Waals surface area contributed by atoms with Crippen molar-refractivity contribution in [3.05, 3.63) is 58.3 Å². The number of aromatic nitrogens is 2. The summed E-state index contributed by atoms with van der Waals surface area (Å²) in [7, 11) is 0. The van der Waals surface area contributed by atoms with E-state index >= 15 is 0 Å². The number of hydrogen-bond acceptors (Lipinski definition) is 7. The zero-order valence-electron chi connectivity index (χ0n) is 20.3. The van der Waals surface area contributed by atoms with Gasteiger partial charge < -0.3 is 4.90 Å². The molecule has 2 amide bonds. The number of carbonyl (C=O) groups excluding carboxylic acids is 2. The lowest BCUT2D eigenvalue weighted by atomic mass is 10.0. The van der Waals surface area contributed by atoms with Gasteiger partial charge in [-0.3, -0.25) is 19.8 Å². The van der Waals surface area contributed by atoms with Crippen molar-refractivity contribution in [2.45, 2.75) is 27.2 Å². The molecule has 2 aromatic carbocycles. The van der Waals surface area contributed by atoms with Gasteiger partial charge in [-0.1, -0.05) is 19.1 Å². The van der Waals surface area contributed by atoms with Crippen LogP contribution in [0.3, 0.4) is 0 Å². The van der Waals surface area contributed by atoms with E-state index in [1.807, 2.05) is 25.1 Å². The predicted octanol–water partition coefficient (Wildman–Crippen LogP) is 4.77. The zero-order chi connectivity index (χ0) is 24.5. The molecule has 2 aliphatic heterocycles. The number of piperazine rings is 1. The quantitative estimate of drug-likeness (QED) is 0.520. The number of fused-ring (bicyclic) bond motifs is 1. The predicted molar refractivity (Wildman–Crippen MR) is 142 cm³/mol. The Morgan fingerprint density at radius 2 is 1.83 bits per heavy atom. The van der Waals surface area contributed by atoms with E-state index in [2.05, 4.69) is 52.1 Å². The summed E-state index contributed by atoms with van der Waals surface area (Å²) in [6.45, 7) is 11.8. The molecule has 1 N–H and O–H groups in total. The highest BCUT2D eigenvalue weighted by atomic mass is 32.2. The van der Waals surface area contributed by atoms with E-state index < -0.39 is 0 Å². The first-order chi connectivity index (χ1) is 16.9. The maximum atomic E-state index is 12.0. The van der Waals surface area contributed by atoms with Crippen molar-refractivity contribution in [1.82, 2.24) is 20.2 Å². The Kier molecular flexibility index (Phi) is 6.58. The van der Waals surface area contributed by atoms with E-state index in [0.717, 1.165) is 65.7 Å². The largest absolute Gasteiger partial charge is 0.369 e. The minimum atomic E-state index is -0.359. The van der Waals surface area contributed by atoms with E-state index in [9.17, 15) is 9.59 Å². The molecule has 0 unspecified atom stereocenters. The number of imide groups is 1. The Morgan fingerprint density at radius 3 is 2.51 bits per heavy atom. The number of rotatable bonds is 5. The highest BCUT2D eigenvalue weighted by Crippen LogP contribution is 2.32. The third-order valence-electron chi connectivity index (χ3n) is 6.49. The molecule has 5 rings (SSSR count). The van der Waals surface area contributed by atoms with Crippen molar-refractivity contribution < 1.29 is 9.59 Å². The van der Waals surface area contributed by atoms with Gasteiger partial charge in [-0.25, -0.2) is 9.97 Å². The molecule has 3 aromatic rings. The summed E-state index contributed by atoms with van der Waals surface area (Å²) < 4.78 is 0. The van der Waals surface area contributed by atoms with Gasteiger partial charge in [-0.2, -0.15) is 0 Å². The fourth-order valence-electron chi connectivity index (χ4n) is 4.83. The number of aryl methyl sites for hydroxylation is 2. The molecule has 0 aliphatic carbocycles. The molecule has 2 aliphatic rings. The number of hydrogen-bond donors (Lipinski definition) is 1. The fraction of sp³-hybridized carbons (Fsp3) is 0.333. The number of thioether (sulfide) groups is 1. The molecule has 35 heavy (non-hydrogen) atoms. The molecule has 2 fully saturated rings. The van der Waals surface area contributed by atoms with Crippen LogP contribution in [0.2, 0.25) is 0 Å². The first kappa shape index (κ1) is 23.5. The van der Waals surface area contributed by atoms with Crippen molar-refractivity contribution in [3.8, 4) is 11.3 Å². The fourth-order valence-corrected chi connectivity index (χ4v) is 5.51. The van der Waals surface area contributed by atoms with Crippen LogP contribution >= 0.6 is 11.8 Å². The topological polar surface area (TPSA) is 78.4 Å². The van der Waals surface area contributed by atoms with Crippen molar-refractivity contribution >= 4 is 45.6 Å². The molecule has 0 atom stereocenters. The van der Waals surface area contributed by atoms with Crippen molar-refractivity contribution in [2.24, 2.45) is 0 Å². The standard InChI is InChI=1S/C27H29N5O2S/c1-4-9-31-10-12-32(13-11-31)23-8-6-20(14-17(23)2)25-21-15-19(5-7-22(21)28-18(3)29-25)16-24-26(33)30-27(34)35-24/h5-8,14-16H,4,9-13H2,1-3H3,(H,30,33,34)/b24-16-. The molecule has 3 heterocycles. The van der Waals surface area contributed by atoms with Gasteiger partial charge in [-0.05, 0) is 80.0 Å². The number of nitrogens with zero attached hydrogens (tertiary/aromatic N) is 4. The zero-order valence-corrected chi connectivity index (χ0v) is 21.1. The Labute approximate surface area is 209 Å². The van der Waals surface area contributed by atoms with Crippen LogP contribution in [0.1, 0.15) is 30.3 Å². The first-order valence-electron chi connectivity index (χ1n) is 12.0. The van der Waals surface area contributed by atoms with Crippen LogP contribution in [0.4, 0.5) is 10.5 Å². The van der Waals surface area contributed by atoms with Crippen LogP contribution in [0.25, 0.3) is 28.2 Å². The molecule has 7 nitrogen and oxygen atoms in total. The summed E-state index contributed by atoms with van der Waals surface area (Å²) in [5.41, 5.74) is 6.10. The molecule has 180 valence electrons. The van der Waals surface area contributed by atoms with Crippen LogP contribution in [0.5, 0.6) is 0 Å². The molecule has 8 heteroatoms. The Hall–Kier alpha value is -3.23. The molecular weight excluding hydrogens is 458 g/mol. The normalized spacial score (nSPS) is 18.0. The number of nitrogens with one attached hydrogen (secondary N) is 1. The van der Waals surface area contributed by atoms with Gasteiger partial charge in [0.1, 0.15) is 5.82 Å². The number of benzene rings is 2. The molecule has 1 aromatic heterocycles. The monoisotopic (exact) mass is 487 g/mol. The average Bonchev–Trinajstić information content (AvgIpc) is 3.15. The summed E-state index contributed by atoms with van der Waals surface area (Å²) >= 11 is 0.919. The van der Waals surface area contributed by atoms with Gasteiger partial charge in [0.15, 0.2) is 0 Å². The summed E-state index contributed by atoms with van der Waals surface area (Å²) in [5, 5.41) is 2.87.